The quantitative estimate of drug-likeness (QED) is 0.817. The van der Waals surface area contributed by atoms with Crippen LogP contribution < -0.4 is 9.64 Å². The molecule has 1 amide bonds. The topological polar surface area (TPSA) is 55.8 Å². The number of para-hydroxylation sites is 2. The maximum Gasteiger partial charge on any atom is 0.414 e. The molecule has 0 saturated heterocycles. The maximum absolute atomic E-state index is 12.3. The van der Waals surface area contributed by atoms with Crippen LogP contribution in [0.1, 0.15) is 5.56 Å². The molecule has 0 aromatic heterocycles. The second-order valence-electron chi connectivity index (χ2n) is 4.91. The third-order valence-electron chi connectivity index (χ3n) is 3.37. The fraction of sp³-hybridized carbons (Fsp3) is 0.176. The Balaban J connectivity index is 1.75. The smallest absolute Gasteiger partial charge is 0.414 e. The zero-order valence-electron chi connectivity index (χ0n) is 11.8. The third kappa shape index (κ3) is 2.93. The standard InChI is InChI=1S/C17H15NO4/c19-11-14-10-18(15-8-4-5-9-16(15)22-14)17(20)21-12-13-6-2-1-3-7-13/h1-9,11,14H,10,12H2/t14-/m1/s1. The number of aldehydes is 1. The molecule has 5 nitrogen and oxygen atoms in total. The van der Waals surface area contributed by atoms with E-state index in [2.05, 4.69) is 0 Å². The van der Waals surface area contributed by atoms with Gasteiger partial charge in [-0.3, -0.25) is 9.69 Å². The molecule has 2 aromatic rings. The summed E-state index contributed by atoms with van der Waals surface area (Å²) in [6.45, 7) is 0.332. The van der Waals surface area contributed by atoms with Gasteiger partial charge in [0.2, 0.25) is 0 Å². The number of carbonyl (C=O) groups excluding carboxylic acids is 2. The molecule has 0 N–H and O–H groups in total. The van der Waals surface area contributed by atoms with Gasteiger partial charge in [0.25, 0.3) is 0 Å². The van der Waals surface area contributed by atoms with Crippen molar-refractivity contribution in [2.45, 2.75) is 12.7 Å². The first-order chi connectivity index (χ1) is 10.8. The molecule has 3 rings (SSSR count). The lowest BCUT2D eigenvalue weighted by Gasteiger charge is -2.31. The van der Waals surface area contributed by atoms with Crippen molar-refractivity contribution in [1.29, 1.82) is 0 Å². The maximum atomic E-state index is 12.3. The third-order valence-corrected chi connectivity index (χ3v) is 3.37. The Morgan fingerprint density at radius 2 is 1.91 bits per heavy atom. The molecule has 1 aliphatic rings. The van der Waals surface area contributed by atoms with Crippen molar-refractivity contribution in [3.05, 3.63) is 60.2 Å². The Hall–Kier alpha value is -2.82. The summed E-state index contributed by atoms with van der Waals surface area (Å²) in [5, 5.41) is 0. The van der Waals surface area contributed by atoms with E-state index in [0.717, 1.165) is 5.56 Å². The number of ether oxygens (including phenoxy) is 2. The van der Waals surface area contributed by atoms with Gasteiger partial charge in [-0.2, -0.15) is 0 Å². The first-order valence-electron chi connectivity index (χ1n) is 6.97. The van der Waals surface area contributed by atoms with E-state index in [4.69, 9.17) is 9.47 Å². The molecule has 0 unspecified atom stereocenters. The number of amides is 1. The van der Waals surface area contributed by atoms with Crippen LogP contribution >= 0.6 is 0 Å². The number of hydrogen-bond acceptors (Lipinski definition) is 4. The van der Waals surface area contributed by atoms with Crippen LogP contribution in [0.15, 0.2) is 54.6 Å². The minimum Gasteiger partial charge on any atom is -0.479 e. The summed E-state index contributed by atoms with van der Waals surface area (Å²) in [5.74, 6) is 0.502. The van der Waals surface area contributed by atoms with Gasteiger partial charge in [-0.05, 0) is 17.7 Å². The molecule has 0 fully saturated rings. The average Bonchev–Trinajstić information content (AvgIpc) is 2.59. The van der Waals surface area contributed by atoms with Crippen molar-refractivity contribution in [3.63, 3.8) is 0 Å². The van der Waals surface area contributed by atoms with Crippen molar-refractivity contribution in [2.75, 3.05) is 11.4 Å². The second kappa shape index (κ2) is 6.30. The second-order valence-corrected chi connectivity index (χ2v) is 4.91. The highest BCUT2D eigenvalue weighted by Gasteiger charge is 2.30. The molecular formula is C17H15NO4. The largest absolute Gasteiger partial charge is 0.479 e. The minimum atomic E-state index is -0.681. The summed E-state index contributed by atoms with van der Waals surface area (Å²) >= 11 is 0. The number of anilines is 1. The first-order valence-corrected chi connectivity index (χ1v) is 6.97. The Bertz CT molecular complexity index is 671. The number of nitrogens with zero attached hydrogens (tertiary/aromatic N) is 1. The van der Waals surface area contributed by atoms with E-state index in [0.29, 0.717) is 17.7 Å². The summed E-state index contributed by atoms with van der Waals surface area (Å²) in [4.78, 5) is 24.8. The zero-order chi connectivity index (χ0) is 15.4. The van der Waals surface area contributed by atoms with E-state index in [9.17, 15) is 9.59 Å². The lowest BCUT2D eigenvalue weighted by atomic mass is 10.2. The Kier molecular flexibility index (Phi) is 4.05. The van der Waals surface area contributed by atoms with Gasteiger partial charge in [-0.1, -0.05) is 42.5 Å². The molecule has 112 valence electrons. The minimum absolute atomic E-state index is 0.147. The molecule has 0 radical (unpaired) electrons. The lowest BCUT2D eigenvalue weighted by molar-refractivity contribution is -0.113. The highest BCUT2D eigenvalue weighted by atomic mass is 16.6. The predicted molar refractivity (Wildman–Crippen MR) is 80.9 cm³/mol. The van der Waals surface area contributed by atoms with Crippen molar-refractivity contribution in [1.82, 2.24) is 0 Å². The zero-order valence-corrected chi connectivity index (χ0v) is 11.8. The molecule has 5 heteroatoms. The Labute approximate surface area is 128 Å². The van der Waals surface area contributed by atoms with Crippen LogP contribution in [-0.2, 0) is 16.1 Å². The number of hydrogen-bond donors (Lipinski definition) is 0. The van der Waals surface area contributed by atoms with E-state index in [1.807, 2.05) is 30.3 Å². The van der Waals surface area contributed by atoms with Crippen molar-refractivity contribution in [3.8, 4) is 5.75 Å². The van der Waals surface area contributed by atoms with Gasteiger partial charge in [0, 0.05) is 0 Å². The number of benzene rings is 2. The number of rotatable bonds is 3. The molecule has 0 bridgehead atoms. The summed E-state index contributed by atoms with van der Waals surface area (Å²) in [6.07, 6.45) is -0.487. The summed E-state index contributed by atoms with van der Waals surface area (Å²) in [6, 6.07) is 16.5. The normalized spacial score (nSPS) is 16.4. The van der Waals surface area contributed by atoms with Crippen LogP contribution in [-0.4, -0.2) is 25.0 Å². The molecule has 1 heterocycles. The van der Waals surface area contributed by atoms with Gasteiger partial charge in [-0.15, -0.1) is 0 Å². The Morgan fingerprint density at radius 1 is 1.18 bits per heavy atom. The van der Waals surface area contributed by atoms with Crippen LogP contribution in [0.2, 0.25) is 0 Å². The van der Waals surface area contributed by atoms with E-state index < -0.39 is 12.2 Å². The molecule has 22 heavy (non-hydrogen) atoms. The summed E-state index contributed by atoms with van der Waals surface area (Å²) in [5.41, 5.74) is 1.52. The van der Waals surface area contributed by atoms with Gasteiger partial charge >= 0.3 is 6.09 Å². The van der Waals surface area contributed by atoms with Crippen LogP contribution in [0, 0.1) is 0 Å². The van der Waals surface area contributed by atoms with Gasteiger partial charge in [0.15, 0.2) is 12.4 Å². The van der Waals surface area contributed by atoms with Gasteiger partial charge in [-0.25, -0.2) is 4.79 Å². The van der Waals surface area contributed by atoms with E-state index in [1.165, 1.54) is 4.90 Å². The van der Waals surface area contributed by atoms with Crippen LogP contribution in [0.25, 0.3) is 0 Å². The summed E-state index contributed by atoms with van der Waals surface area (Å²) in [7, 11) is 0. The lowest BCUT2D eigenvalue weighted by Crippen LogP contribution is -2.44. The fourth-order valence-corrected chi connectivity index (χ4v) is 2.30. The van der Waals surface area contributed by atoms with Crippen molar-refractivity contribution < 1.29 is 19.1 Å². The molecule has 0 spiro atoms. The molecule has 2 aromatic carbocycles. The average molecular weight is 297 g/mol. The number of carbonyl (C=O) groups is 2. The van der Waals surface area contributed by atoms with Crippen molar-refractivity contribution >= 4 is 18.1 Å². The SMILES string of the molecule is O=C[C@H]1CN(C(=O)OCc2ccccc2)c2ccccc2O1. The number of fused-ring (bicyclic) bond motifs is 1. The van der Waals surface area contributed by atoms with Gasteiger partial charge < -0.3 is 9.47 Å². The van der Waals surface area contributed by atoms with Crippen LogP contribution in [0.5, 0.6) is 5.75 Å². The van der Waals surface area contributed by atoms with Crippen LogP contribution in [0.4, 0.5) is 10.5 Å². The van der Waals surface area contributed by atoms with E-state index in [-0.39, 0.29) is 13.2 Å². The Morgan fingerprint density at radius 3 is 2.68 bits per heavy atom. The first kappa shape index (κ1) is 14.1. The van der Waals surface area contributed by atoms with E-state index in [1.54, 1.807) is 24.3 Å². The molecule has 0 aliphatic carbocycles. The van der Waals surface area contributed by atoms with E-state index >= 15 is 0 Å². The molecule has 1 aliphatic heterocycles. The monoisotopic (exact) mass is 297 g/mol. The summed E-state index contributed by atoms with van der Waals surface area (Å²) < 4.78 is 10.8. The highest BCUT2D eigenvalue weighted by molar-refractivity contribution is 5.91. The van der Waals surface area contributed by atoms with Crippen molar-refractivity contribution in [2.24, 2.45) is 0 Å². The van der Waals surface area contributed by atoms with Crippen LogP contribution in [0.3, 0.4) is 0 Å². The molecule has 0 saturated carbocycles. The fourth-order valence-electron chi connectivity index (χ4n) is 2.30. The highest BCUT2D eigenvalue weighted by Crippen LogP contribution is 2.33. The molecule has 1 atom stereocenters. The van der Waals surface area contributed by atoms with Gasteiger partial charge in [0.1, 0.15) is 12.4 Å². The molecular weight excluding hydrogens is 282 g/mol. The van der Waals surface area contributed by atoms with Gasteiger partial charge in [0.05, 0.1) is 12.2 Å². The predicted octanol–water partition coefficient (Wildman–Crippen LogP) is 2.79.